The zero-order valence-corrected chi connectivity index (χ0v) is 9.23. The average Bonchev–Trinajstić information content (AvgIpc) is 2.72. The number of hydrogen-bond donors (Lipinski definition) is 1. The molecule has 0 radical (unpaired) electrons. The van der Waals surface area contributed by atoms with Crippen LogP contribution < -0.4 is 0 Å². The third-order valence-corrected chi connectivity index (χ3v) is 3.49. The van der Waals surface area contributed by atoms with Gasteiger partial charge in [0.25, 0.3) is 0 Å². The normalized spacial score (nSPS) is 26.1. The molecular weight excluding hydrogens is 200 g/mol. The molecule has 2 nitrogen and oxygen atoms in total. The zero-order chi connectivity index (χ0) is 11.0. The van der Waals surface area contributed by atoms with Gasteiger partial charge < -0.3 is 9.52 Å². The first kappa shape index (κ1) is 9.91. The van der Waals surface area contributed by atoms with Crippen LogP contribution in [0.3, 0.4) is 0 Å². The topological polar surface area (TPSA) is 33.4 Å². The Kier molecular flexibility index (Phi) is 2.44. The van der Waals surface area contributed by atoms with Gasteiger partial charge >= 0.3 is 0 Å². The summed E-state index contributed by atoms with van der Waals surface area (Å²) in [4.78, 5) is 0. The molecule has 1 fully saturated rings. The monoisotopic (exact) mass is 216 g/mol. The summed E-state index contributed by atoms with van der Waals surface area (Å²) < 4.78 is 5.84. The van der Waals surface area contributed by atoms with Crippen molar-refractivity contribution in [2.75, 3.05) is 0 Å². The fourth-order valence-corrected chi connectivity index (χ4v) is 2.63. The molecule has 0 amide bonds. The molecule has 1 N–H and O–H groups in total. The molecule has 2 unspecified atom stereocenters. The minimum absolute atomic E-state index is 0.146. The molecule has 1 aromatic heterocycles. The van der Waals surface area contributed by atoms with Crippen molar-refractivity contribution in [3.63, 3.8) is 0 Å². The van der Waals surface area contributed by atoms with Crippen LogP contribution in [0.5, 0.6) is 0 Å². The molecule has 1 aromatic carbocycles. The maximum absolute atomic E-state index is 9.67. The fourth-order valence-electron chi connectivity index (χ4n) is 2.63. The van der Waals surface area contributed by atoms with Gasteiger partial charge in [-0.3, -0.25) is 0 Å². The number of aliphatic hydroxyl groups excluding tert-OH is 1. The third kappa shape index (κ3) is 1.74. The number of aliphatic hydroxyl groups is 1. The molecule has 84 valence electrons. The van der Waals surface area contributed by atoms with Crippen LogP contribution in [0.2, 0.25) is 0 Å². The largest absolute Gasteiger partial charge is 0.461 e. The van der Waals surface area contributed by atoms with Crippen molar-refractivity contribution >= 4 is 11.0 Å². The standard InChI is InChI=1S/C14H16O2/c15-12-6-3-5-10(8-12)14-9-11-4-1-2-7-13(11)16-14/h1-2,4,7,9-10,12,15H,3,5-6,8H2. The molecule has 0 saturated heterocycles. The van der Waals surface area contributed by atoms with Gasteiger partial charge in [0, 0.05) is 11.3 Å². The first-order chi connectivity index (χ1) is 7.83. The Morgan fingerprint density at radius 2 is 2.06 bits per heavy atom. The Morgan fingerprint density at radius 1 is 1.19 bits per heavy atom. The summed E-state index contributed by atoms with van der Waals surface area (Å²) in [7, 11) is 0. The van der Waals surface area contributed by atoms with Crippen molar-refractivity contribution in [1.29, 1.82) is 0 Å². The highest BCUT2D eigenvalue weighted by molar-refractivity contribution is 5.77. The van der Waals surface area contributed by atoms with E-state index in [1.54, 1.807) is 0 Å². The lowest BCUT2D eigenvalue weighted by atomic mass is 9.86. The summed E-state index contributed by atoms with van der Waals surface area (Å²) in [5.41, 5.74) is 0.956. The SMILES string of the molecule is OC1CCCC(c2cc3ccccc3o2)C1. The van der Waals surface area contributed by atoms with Gasteiger partial charge in [0.1, 0.15) is 11.3 Å². The molecule has 2 aromatic rings. The van der Waals surface area contributed by atoms with E-state index in [1.165, 1.54) is 0 Å². The van der Waals surface area contributed by atoms with E-state index in [4.69, 9.17) is 4.42 Å². The molecule has 2 atom stereocenters. The summed E-state index contributed by atoms with van der Waals surface area (Å²) in [6, 6.07) is 10.2. The van der Waals surface area contributed by atoms with Crippen LogP contribution in [0.4, 0.5) is 0 Å². The number of rotatable bonds is 1. The highest BCUT2D eigenvalue weighted by atomic mass is 16.3. The van der Waals surface area contributed by atoms with Gasteiger partial charge in [0.15, 0.2) is 0 Å². The van der Waals surface area contributed by atoms with Crippen molar-refractivity contribution in [2.24, 2.45) is 0 Å². The van der Waals surface area contributed by atoms with E-state index in [1.807, 2.05) is 18.2 Å². The number of para-hydroxylation sites is 1. The molecule has 0 bridgehead atoms. The lowest BCUT2D eigenvalue weighted by molar-refractivity contribution is 0.115. The first-order valence-electron chi connectivity index (χ1n) is 5.99. The second kappa shape index (κ2) is 3.95. The number of hydrogen-bond acceptors (Lipinski definition) is 2. The van der Waals surface area contributed by atoms with Crippen LogP contribution in [0.15, 0.2) is 34.7 Å². The first-order valence-corrected chi connectivity index (χ1v) is 5.99. The van der Waals surface area contributed by atoms with E-state index >= 15 is 0 Å². The van der Waals surface area contributed by atoms with Gasteiger partial charge in [-0.25, -0.2) is 0 Å². The minimum atomic E-state index is -0.146. The van der Waals surface area contributed by atoms with E-state index in [0.29, 0.717) is 5.92 Å². The van der Waals surface area contributed by atoms with Gasteiger partial charge in [0.2, 0.25) is 0 Å². The van der Waals surface area contributed by atoms with Gasteiger partial charge in [-0.2, -0.15) is 0 Å². The summed E-state index contributed by atoms with van der Waals surface area (Å²) in [6.45, 7) is 0. The smallest absolute Gasteiger partial charge is 0.134 e. The summed E-state index contributed by atoms with van der Waals surface area (Å²) >= 11 is 0. The van der Waals surface area contributed by atoms with Gasteiger partial charge in [-0.05, 0) is 31.4 Å². The Labute approximate surface area is 94.9 Å². The van der Waals surface area contributed by atoms with E-state index in [0.717, 1.165) is 42.4 Å². The molecule has 0 aliphatic heterocycles. The molecule has 1 aliphatic rings. The van der Waals surface area contributed by atoms with Gasteiger partial charge in [0.05, 0.1) is 6.10 Å². The number of benzene rings is 1. The highest BCUT2D eigenvalue weighted by Crippen LogP contribution is 2.35. The van der Waals surface area contributed by atoms with E-state index in [9.17, 15) is 5.11 Å². The molecule has 1 heterocycles. The van der Waals surface area contributed by atoms with Crippen LogP contribution in [-0.4, -0.2) is 11.2 Å². The number of furan rings is 1. The van der Waals surface area contributed by atoms with Crippen LogP contribution in [0, 0.1) is 0 Å². The third-order valence-electron chi connectivity index (χ3n) is 3.49. The Balaban J connectivity index is 1.93. The minimum Gasteiger partial charge on any atom is -0.461 e. The lowest BCUT2D eigenvalue weighted by Crippen LogP contribution is -2.17. The van der Waals surface area contributed by atoms with E-state index in [-0.39, 0.29) is 6.10 Å². The summed E-state index contributed by atoms with van der Waals surface area (Å²) in [6.07, 6.45) is 3.88. The van der Waals surface area contributed by atoms with Crippen LogP contribution in [-0.2, 0) is 0 Å². The summed E-state index contributed by atoms with van der Waals surface area (Å²) in [5, 5.41) is 10.8. The Hall–Kier alpha value is -1.28. The Bertz CT molecular complexity index is 453. The van der Waals surface area contributed by atoms with E-state index < -0.39 is 0 Å². The average molecular weight is 216 g/mol. The van der Waals surface area contributed by atoms with Crippen molar-refractivity contribution in [3.05, 3.63) is 36.1 Å². The van der Waals surface area contributed by atoms with Crippen molar-refractivity contribution < 1.29 is 9.52 Å². The molecule has 2 heteroatoms. The maximum atomic E-state index is 9.67. The second-order valence-electron chi connectivity index (χ2n) is 4.70. The molecule has 1 saturated carbocycles. The zero-order valence-electron chi connectivity index (χ0n) is 9.23. The van der Waals surface area contributed by atoms with Gasteiger partial charge in [-0.1, -0.05) is 24.6 Å². The van der Waals surface area contributed by atoms with Gasteiger partial charge in [-0.15, -0.1) is 0 Å². The molecule has 0 spiro atoms. The predicted molar refractivity (Wildman–Crippen MR) is 63.4 cm³/mol. The van der Waals surface area contributed by atoms with Crippen molar-refractivity contribution in [1.82, 2.24) is 0 Å². The number of fused-ring (bicyclic) bond motifs is 1. The van der Waals surface area contributed by atoms with Crippen LogP contribution >= 0.6 is 0 Å². The summed E-state index contributed by atoms with van der Waals surface area (Å²) in [5.74, 6) is 1.44. The second-order valence-corrected chi connectivity index (χ2v) is 4.70. The lowest BCUT2D eigenvalue weighted by Gasteiger charge is -2.23. The van der Waals surface area contributed by atoms with Crippen LogP contribution in [0.1, 0.15) is 37.4 Å². The predicted octanol–water partition coefficient (Wildman–Crippen LogP) is 3.45. The molecule has 16 heavy (non-hydrogen) atoms. The molecular formula is C14H16O2. The van der Waals surface area contributed by atoms with Crippen molar-refractivity contribution in [3.8, 4) is 0 Å². The maximum Gasteiger partial charge on any atom is 0.134 e. The molecule has 1 aliphatic carbocycles. The quantitative estimate of drug-likeness (QED) is 0.792. The highest BCUT2D eigenvalue weighted by Gasteiger charge is 2.24. The van der Waals surface area contributed by atoms with Crippen LogP contribution in [0.25, 0.3) is 11.0 Å². The fraction of sp³-hybridized carbons (Fsp3) is 0.429. The van der Waals surface area contributed by atoms with E-state index in [2.05, 4.69) is 12.1 Å². The Morgan fingerprint density at radius 3 is 2.88 bits per heavy atom. The molecule has 3 rings (SSSR count). The van der Waals surface area contributed by atoms with Crippen molar-refractivity contribution in [2.45, 2.75) is 37.7 Å².